The summed E-state index contributed by atoms with van der Waals surface area (Å²) in [7, 11) is 2.01. The number of nitrogens with zero attached hydrogens (tertiary/aromatic N) is 1. The predicted octanol–water partition coefficient (Wildman–Crippen LogP) is 3.46. The Morgan fingerprint density at radius 1 is 1.47 bits per heavy atom. The lowest BCUT2D eigenvalue weighted by Gasteiger charge is -2.25. The van der Waals surface area contributed by atoms with E-state index in [0.29, 0.717) is 0 Å². The molecule has 0 unspecified atom stereocenters. The first-order valence-electron chi connectivity index (χ1n) is 6.21. The topological polar surface area (TPSA) is 31.1 Å². The lowest BCUT2D eigenvalue weighted by atomic mass is 9.95. The zero-order valence-corrected chi connectivity index (χ0v) is 11.4. The van der Waals surface area contributed by atoms with Gasteiger partial charge < -0.3 is 15.2 Å². The molecule has 0 atom stereocenters. The fraction of sp³-hybridized carbons (Fsp3) is 0.125. The van der Waals surface area contributed by atoms with Crippen LogP contribution in [0, 0.1) is 0 Å². The van der Waals surface area contributed by atoms with Gasteiger partial charge in [0.05, 0.1) is 11.4 Å². The average Bonchev–Trinajstić information content (AvgIpc) is 2.89. The third-order valence-electron chi connectivity index (χ3n) is 3.17. The van der Waals surface area contributed by atoms with Gasteiger partial charge in [-0.3, -0.25) is 0 Å². The summed E-state index contributed by atoms with van der Waals surface area (Å²) < 4.78 is 0. The first-order chi connectivity index (χ1) is 9.19. The molecule has 1 aromatic heterocycles. The second-order valence-corrected chi connectivity index (χ2v) is 4.31. The summed E-state index contributed by atoms with van der Waals surface area (Å²) in [4.78, 5) is 5.28. The van der Waals surface area contributed by atoms with Crippen molar-refractivity contribution < 1.29 is 0 Å². The number of allylic oxidation sites excluding steroid dienone is 4. The van der Waals surface area contributed by atoms with Gasteiger partial charge in [-0.05, 0) is 30.8 Å². The molecule has 0 aliphatic carbocycles. The van der Waals surface area contributed by atoms with Crippen LogP contribution in [0.25, 0.3) is 11.3 Å². The molecule has 0 saturated carbocycles. The van der Waals surface area contributed by atoms with Crippen molar-refractivity contribution in [2.75, 3.05) is 7.05 Å². The molecule has 1 aliphatic rings. The van der Waals surface area contributed by atoms with E-state index in [2.05, 4.69) is 41.8 Å². The van der Waals surface area contributed by atoms with E-state index in [4.69, 9.17) is 0 Å². The number of hydrogen-bond acceptors (Lipinski definition) is 2. The molecule has 2 heterocycles. The second kappa shape index (κ2) is 5.48. The Labute approximate surface area is 114 Å². The first-order valence-corrected chi connectivity index (χ1v) is 6.21. The van der Waals surface area contributed by atoms with Crippen molar-refractivity contribution in [3.05, 3.63) is 73.0 Å². The largest absolute Gasteiger partial charge is 0.368 e. The molecule has 3 nitrogen and oxygen atoms in total. The minimum Gasteiger partial charge on any atom is -0.368 e. The molecule has 0 spiro atoms. The van der Waals surface area contributed by atoms with Gasteiger partial charge >= 0.3 is 0 Å². The van der Waals surface area contributed by atoms with Gasteiger partial charge in [0.1, 0.15) is 0 Å². The minimum absolute atomic E-state index is 0.979. The molecule has 0 fully saturated rings. The zero-order chi connectivity index (χ0) is 13.8. The SMILES string of the molecule is C=CN/C=C\C(=C/C)C1=CN(C)C(=C)c2[nH]ccc21. The Morgan fingerprint density at radius 2 is 2.26 bits per heavy atom. The molecule has 0 radical (unpaired) electrons. The normalized spacial score (nSPS) is 15.5. The van der Waals surface area contributed by atoms with Crippen LogP contribution in [-0.4, -0.2) is 16.9 Å². The van der Waals surface area contributed by atoms with Crippen molar-refractivity contribution in [1.29, 1.82) is 0 Å². The Morgan fingerprint density at radius 3 is 2.95 bits per heavy atom. The molecule has 0 aromatic carbocycles. The highest BCUT2D eigenvalue weighted by molar-refractivity contribution is 5.90. The van der Waals surface area contributed by atoms with Crippen LogP contribution in [0.4, 0.5) is 0 Å². The highest BCUT2D eigenvalue weighted by Gasteiger charge is 2.20. The fourth-order valence-electron chi connectivity index (χ4n) is 2.13. The quantitative estimate of drug-likeness (QED) is 0.805. The van der Waals surface area contributed by atoms with Crippen molar-refractivity contribution >= 4 is 11.3 Å². The van der Waals surface area contributed by atoms with E-state index in [-0.39, 0.29) is 0 Å². The molecule has 3 heteroatoms. The van der Waals surface area contributed by atoms with Crippen molar-refractivity contribution in [2.24, 2.45) is 0 Å². The predicted molar refractivity (Wildman–Crippen MR) is 81.8 cm³/mol. The van der Waals surface area contributed by atoms with E-state index in [1.54, 1.807) is 6.20 Å². The summed E-state index contributed by atoms with van der Waals surface area (Å²) in [5.74, 6) is 0. The molecule has 0 bridgehead atoms. The van der Waals surface area contributed by atoms with Gasteiger partial charge in [-0.1, -0.05) is 19.2 Å². The maximum absolute atomic E-state index is 4.09. The van der Waals surface area contributed by atoms with E-state index in [1.807, 2.05) is 37.3 Å². The maximum atomic E-state index is 4.09. The molecular formula is C16H19N3. The van der Waals surface area contributed by atoms with E-state index >= 15 is 0 Å². The molecular weight excluding hydrogens is 234 g/mol. The van der Waals surface area contributed by atoms with E-state index < -0.39 is 0 Å². The van der Waals surface area contributed by atoms with E-state index in [9.17, 15) is 0 Å². The van der Waals surface area contributed by atoms with E-state index in [0.717, 1.165) is 17.0 Å². The van der Waals surface area contributed by atoms with Crippen LogP contribution < -0.4 is 5.32 Å². The maximum Gasteiger partial charge on any atom is 0.0695 e. The number of H-pyrrole nitrogens is 1. The lowest BCUT2D eigenvalue weighted by molar-refractivity contribution is 0.650. The van der Waals surface area contributed by atoms with E-state index in [1.165, 1.54) is 11.1 Å². The smallest absolute Gasteiger partial charge is 0.0695 e. The minimum atomic E-state index is 0.979. The van der Waals surface area contributed by atoms with Crippen molar-refractivity contribution in [2.45, 2.75) is 6.92 Å². The number of aromatic nitrogens is 1. The molecule has 0 saturated heterocycles. The van der Waals surface area contributed by atoms with Crippen molar-refractivity contribution in [3.63, 3.8) is 0 Å². The Hall–Kier alpha value is -2.42. The number of aromatic amines is 1. The van der Waals surface area contributed by atoms with Crippen LogP contribution in [-0.2, 0) is 0 Å². The molecule has 2 N–H and O–H groups in total. The molecule has 98 valence electrons. The molecule has 19 heavy (non-hydrogen) atoms. The number of rotatable bonds is 4. The second-order valence-electron chi connectivity index (χ2n) is 4.31. The van der Waals surface area contributed by atoms with Crippen LogP contribution in [0.2, 0.25) is 0 Å². The summed E-state index contributed by atoms with van der Waals surface area (Å²) in [6.45, 7) is 9.75. The summed E-state index contributed by atoms with van der Waals surface area (Å²) in [5.41, 5.74) is 5.56. The van der Waals surface area contributed by atoms with Gasteiger partial charge in [0, 0.05) is 36.8 Å². The summed E-state index contributed by atoms with van der Waals surface area (Å²) in [6.07, 6.45) is 11.7. The third-order valence-corrected chi connectivity index (χ3v) is 3.17. The Balaban J connectivity index is 2.41. The molecule has 1 aromatic rings. The Bertz CT molecular complexity index is 585. The summed E-state index contributed by atoms with van der Waals surface area (Å²) in [6, 6.07) is 2.08. The monoisotopic (exact) mass is 253 g/mol. The van der Waals surface area contributed by atoms with Crippen LogP contribution in [0.15, 0.2) is 61.7 Å². The van der Waals surface area contributed by atoms with Crippen LogP contribution >= 0.6 is 0 Å². The molecule has 2 rings (SSSR count). The number of hydrogen-bond donors (Lipinski definition) is 2. The lowest BCUT2D eigenvalue weighted by Crippen LogP contribution is -2.15. The average molecular weight is 253 g/mol. The van der Waals surface area contributed by atoms with Gasteiger partial charge in [0.15, 0.2) is 0 Å². The third kappa shape index (κ3) is 2.40. The molecule has 1 aliphatic heterocycles. The highest BCUT2D eigenvalue weighted by Crippen LogP contribution is 2.35. The van der Waals surface area contributed by atoms with Gasteiger partial charge in [-0.2, -0.15) is 0 Å². The summed E-state index contributed by atoms with van der Waals surface area (Å²) in [5, 5.41) is 2.97. The number of nitrogens with one attached hydrogen (secondary N) is 2. The van der Waals surface area contributed by atoms with Crippen molar-refractivity contribution in [3.8, 4) is 0 Å². The first kappa shape index (κ1) is 13.0. The fourth-order valence-corrected chi connectivity index (χ4v) is 2.13. The number of fused-ring (bicyclic) bond motifs is 1. The zero-order valence-electron chi connectivity index (χ0n) is 11.4. The van der Waals surface area contributed by atoms with Crippen LogP contribution in [0.3, 0.4) is 0 Å². The van der Waals surface area contributed by atoms with Crippen molar-refractivity contribution in [1.82, 2.24) is 15.2 Å². The molecule has 0 amide bonds. The van der Waals surface area contributed by atoms with Gasteiger partial charge in [-0.25, -0.2) is 0 Å². The van der Waals surface area contributed by atoms with Gasteiger partial charge in [-0.15, -0.1) is 0 Å². The summed E-state index contributed by atoms with van der Waals surface area (Å²) >= 11 is 0. The van der Waals surface area contributed by atoms with Crippen LogP contribution in [0.5, 0.6) is 0 Å². The van der Waals surface area contributed by atoms with Gasteiger partial charge in [0.2, 0.25) is 0 Å². The van der Waals surface area contributed by atoms with Gasteiger partial charge in [0.25, 0.3) is 0 Å². The highest BCUT2D eigenvalue weighted by atomic mass is 15.1. The Kier molecular flexibility index (Phi) is 3.76. The van der Waals surface area contributed by atoms with Crippen LogP contribution in [0.1, 0.15) is 18.2 Å². The standard InChI is InChI=1S/C16H19N3/c1-5-13(7-9-17-6-2)15-11-19(4)12(3)16-14(15)8-10-18-16/h5-11,17-18H,2-3H2,1,4H3/b9-7-,13-5+.